The minimum atomic E-state index is -1.05. The van der Waals surface area contributed by atoms with E-state index >= 15 is 0 Å². The van der Waals surface area contributed by atoms with Crippen molar-refractivity contribution in [1.82, 2.24) is 4.90 Å². The van der Waals surface area contributed by atoms with Gasteiger partial charge in [-0.05, 0) is 71.8 Å². The number of allylic oxidation sites excluding steroid dienone is 4. The first-order chi connectivity index (χ1) is 16.8. The molecule has 3 N–H and O–H groups in total. The van der Waals surface area contributed by atoms with Crippen LogP contribution < -0.4 is 4.74 Å². The van der Waals surface area contributed by atoms with Gasteiger partial charge in [0.05, 0.1) is 18.2 Å². The number of aromatic hydroxyl groups is 1. The fourth-order valence-electron chi connectivity index (χ4n) is 5.08. The summed E-state index contributed by atoms with van der Waals surface area (Å²) in [7, 11) is 0. The van der Waals surface area contributed by atoms with Crippen LogP contribution in [0.1, 0.15) is 95.1 Å². The van der Waals surface area contributed by atoms with Crippen LogP contribution in [0.15, 0.2) is 29.4 Å². The Bertz CT molecular complexity index is 1070. The van der Waals surface area contributed by atoms with Gasteiger partial charge in [0.15, 0.2) is 0 Å². The molecule has 1 aromatic rings. The number of carboxylic acids is 1. The zero-order chi connectivity index (χ0) is 26.8. The Hall–Kier alpha value is -2.80. The molecule has 7 heteroatoms. The molecule has 0 fully saturated rings. The number of rotatable bonds is 10. The molecule has 36 heavy (non-hydrogen) atoms. The van der Waals surface area contributed by atoms with Crippen LogP contribution in [0.5, 0.6) is 11.5 Å². The standard InChI is InChI=1S/C29H41NO6/c1-17(2)9-7-10-19(5)11-8-12-29(6)25(32)15-21-24(31)14-20-22(26(21)36-29)16-30(27(20)33)23(28(34)35)13-18(3)4/h9,11,14,18,23,25,31-32H,7-8,10,12-13,15-16H2,1-6H3,(H,34,35)/b19-11+/t23-,25-,29-/m1/s1. The van der Waals surface area contributed by atoms with Crippen LogP contribution in [0, 0.1) is 5.92 Å². The van der Waals surface area contributed by atoms with Crippen LogP contribution in [0.25, 0.3) is 0 Å². The molecular formula is C29H41NO6. The van der Waals surface area contributed by atoms with E-state index in [2.05, 4.69) is 32.9 Å². The number of phenolic OH excluding ortho intramolecular Hbond substituents is 1. The average Bonchev–Trinajstić information content (AvgIpc) is 3.09. The molecule has 2 heterocycles. The smallest absolute Gasteiger partial charge is 0.326 e. The monoisotopic (exact) mass is 499 g/mol. The molecule has 3 atom stereocenters. The largest absolute Gasteiger partial charge is 0.508 e. The Morgan fingerprint density at radius 2 is 1.92 bits per heavy atom. The van der Waals surface area contributed by atoms with Crippen LogP contribution in [0.3, 0.4) is 0 Å². The predicted octanol–water partition coefficient (Wildman–Crippen LogP) is 5.37. The van der Waals surface area contributed by atoms with Crippen molar-refractivity contribution in [3.63, 3.8) is 0 Å². The minimum Gasteiger partial charge on any atom is -0.508 e. The van der Waals surface area contributed by atoms with Crippen LogP contribution in [0.2, 0.25) is 0 Å². The number of hydrogen-bond donors (Lipinski definition) is 3. The summed E-state index contributed by atoms with van der Waals surface area (Å²) in [5.74, 6) is -1.06. The third-order valence-electron chi connectivity index (χ3n) is 7.30. The molecule has 3 rings (SSSR count). The summed E-state index contributed by atoms with van der Waals surface area (Å²) in [6.07, 6.45) is 7.39. The second-order valence-corrected chi connectivity index (χ2v) is 11.2. The summed E-state index contributed by atoms with van der Waals surface area (Å²) in [6.45, 7) is 12.1. The van der Waals surface area contributed by atoms with Gasteiger partial charge in [-0.3, -0.25) is 4.79 Å². The second kappa shape index (κ2) is 11.1. The number of carboxylic acid groups (broad SMARTS) is 1. The van der Waals surface area contributed by atoms with E-state index in [4.69, 9.17) is 4.74 Å². The molecule has 0 unspecified atom stereocenters. The summed E-state index contributed by atoms with van der Waals surface area (Å²) in [6, 6.07) is 0.435. The molecule has 0 radical (unpaired) electrons. The van der Waals surface area contributed by atoms with Crippen molar-refractivity contribution in [2.45, 2.75) is 104 Å². The van der Waals surface area contributed by atoms with Crippen molar-refractivity contribution in [3.8, 4) is 11.5 Å². The summed E-state index contributed by atoms with van der Waals surface area (Å²) in [5.41, 5.74) is 3.03. The van der Waals surface area contributed by atoms with Crippen molar-refractivity contribution >= 4 is 11.9 Å². The fraction of sp³-hybridized carbons (Fsp3) is 0.586. The van der Waals surface area contributed by atoms with Crippen LogP contribution in [0.4, 0.5) is 0 Å². The molecule has 0 saturated carbocycles. The predicted molar refractivity (Wildman–Crippen MR) is 139 cm³/mol. The molecule has 1 amide bonds. The van der Waals surface area contributed by atoms with E-state index in [1.807, 2.05) is 20.8 Å². The Kier molecular flexibility index (Phi) is 8.55. The maximum absolute atomic E-state index is 13.2. The summed E-state index contributed by atoms with van der Waals surface area (Å²) < 4.78 is 6.39. The summed E-state index contributed by atoms with van der Waals surface area (Å²) >= 11 is 0. The van der Waals surface area contributed by atoms with Gasteiger partial charge in [-0.15, -0.1) is 0 Å². The first-order valence-electron chi connectivity index (χ1n) is 12.9. The lowest BCUT2D eigenvalue weighted by Gasteiger charge is -2.41. The summed E-state index contributed by atoms with van der Waals surface area (Å²) in [5, 5.41) is 31.4. The number of phenols is 1. The number of carbonyl (C=O) groups excluding carboxylic acids is 1. The van der Waals surface area contributed by atoms with Crippen molar-refractivity contribution in [1.29, 1.82) is 0 Å². The average molecular weight is 500 g/mol. The Balaban J connectivity index is 1.83. The van der Waals surface area contributed by atoms with Gasteiger partial charge in [-0.1, -0.05) is 37.1 Å². The quantitative estimate of drug-likeness (QED) is 0.373. The van der Waals surface area contributed by atoms with Gasteiger partial charge in [0.2, 0.25) is 0 Å². The molecule has 1 aromatic carbocycles. The van der Waals surface area contributed by atoms with Gasteiger partial charge in [0.1, 0.15) is 23.1 Å². The number of ether oxygens (including phenoxy) is 1. The lowest BCUT2D eigenvalue weighted by Crippen LogP contribution is -2.49. The van der Waals surface area contributed by atoms with E-state index < -0.39 is 29.6 Å². The minimum absolute atomic E-state index is 0.0955. The lowest BCUT2D eigenvalue weighted by molar-refractivity contribution is -0.143. The van der Waals surface area contributed by atoms with E-state index in [1.54, 1.807) is 0 Å². The number of carbonyl (C=O) groups is 2. The van der Waals surface area contributed by atoms with Crippen LogP contribution in [-0.4, -0.2) is 49.8 Å². The molecule has 0 aromatic heterocycles. The third-order valence-corrected chi connectivity index (χ3v) is 7.30. The van der Waals surface area contributed by atoms with Gasteiger partial charge in [-0.2, -0.15) is 0 Å². The van der Waals surface area contributed by atoms with Crippen molar-refractivity contribution in [2.24, 2.45) is 5.92 Å². The van der Waals surface area contributed by atoms with E-state index in [0.29, 0.717) is 29.7 Å². The van der Waals surface area contributed by atoms with Gasteiger partial charge < -0.3 is 25.0 Å². The van der Waals surface area contributed by atoms with Crippen molar-refractivity contribution < 1.29 is 29.6 Å². The fourth-order valence-corrected chi connectivity index (χ4v) is 5.08. The molecule has 0 bridgehead atoms. The molecule has 2 aliphatic rings. The number of aliphatic hydroxyl groups is 1. The van der Waals surface area contributed by atoms with Gasteiger partial charge in [0.25, 0.3) is 5.91 Å². The lowest BCUT2D eigenvalue weighted by atomic mass is 9.84. The Morgan fingerprint density at radius 3 is 2.53 bits per heavy atom. The van der Waals surface area contributed by atoms with Crippen molar-refractivity contribution in [2.75, 3.05) is 0 Å². The highest BCUT2D eigenvalue weighted by Gasteiger charge is 2.45. The molecule has 0 saturated heterocycles. The van der Waals surface area contributed by atoms with Crippen LogP contribution >= 0.6 is 0 Å². The zero-order valence-electron chi connectivity index (χ0n) is 22.4. The molecule has 198 valence electrons. The Labute approximate surface area is 214 Å². The number of aliphatic hydroxyl groups excluding tert-OH is 1. The highest BCUT2D eigenvalue weighted by molar-refractivity contribution is 6.02. The van der Waals surface area contributed by atoms with E-state index in [1.165, 1.54) is 22.1 Å². The molecule has 0 spiro atoms. The van der Waals surface area contributed by atoms with E-state index in [-0.39, 0.29) is 30.2 Å². The number of hydrogen-bond acceptors (Lipinski definition) is 5. The molecule has 7 nitrogen and oxygen atoms in total. The number of aliphatic carboxylic acids is 1. The van der Waals surface area contributed by atoms with Gasteiger partial charge >= 0.3 is 5.97 Å². The SMILES string of the molecule is CC(C)=CCC/C(C)=C/CC[C@@]1(C)Oc2c(c(O)cc3c2CN([C@H](CC(C)C)C(=O)O)C3=O)C[C@H]1O. The maximum Gasteiger partial charge on any atom is 0.326 e. The summed E-state index contributed by atoms with van der Waals surface area (Å²) in [4.78, 5) is 26.5. The van der Waals surface area contributed by atoms with Gasteiger partial charge in [-0.25, -0.2) is 4.79 Å². The normalized spacial score (nSPS) is 22.2. The molecule has 2 aliphatic heterocycles. The highest BCUT2D eigenvalue weighted by atomic mass is 16.5. The number of benzene rings is 1. The third kappa shape index (κ3) is 5.94. The van der Waals surface area contributed by atoms with Gasteiger partial charge in [0, 0.05) is 17.5 Å². The Morgan fingerprint density at radius 1 is 1.22 bits per heavy atom. The van der Waals surface area contributed by atoms with E-state index in [9.17, 15) is 24.9 Å². The number of nitrogens with zero attached hydrogens (tertiary/aromatic N) is 1. The molecular weight excluding hydrogens is 458 g/mol. The van der Waals surface area contributed by atoms with E-state index in [0.717, 1.165) is 19.3 Å². The van der Waals surface area contributed by atoms with Crippen LogP contribution in [-0.2, 0) is 17.8 Å². The molecule has 0 aliphatic carbocycles. The highest BCUT2D eigenvalue weighted by Crippen LogP contribution is 2.46. The number of amides is 1. The zero-order valence-corrected chi connectivity index (χ0v) is 22.4. The van der Waals surface area contributed by atoms with Crippen molar-refractivity contribution in [3.05, 3.63) is 46.1 Å². The first kappa shape index (κ1) is 27.8. The maximum atomic E-state index is 13.2. The number of fused-ring (bicyclic) bond motifs is 3. The topological polar surface area (TPSA) is 107 Å². The first-order valence-corrected chi connectivity index (χ1v) is 12.9. The second-order valence-electron chi connectivity index (χ2n) is 11.2.